The van der Waals surface area contributed by atoms with Gasteiger partial charge in [-0.05, 0) is 6.07 Å². The molecule has 2 aromatic heterocycles. The van der Waals surface area contributed by atoms with E-state index in [9.17, 15) is 4.79 Å². The first-order valence-electron chi connectivity index (χ1n) is 3.76. The van der Waals surface area contributed by atoms with Crippen molar-refractivity contribution in [3.63, 3.8) is 0 Å². The van der Waals surface area contributed by atoms with Crippen LogP contribution in [0.3, 0.4) is 0 Å². The summed E-state index contributed by atoms with van der Waals surface area (Å²) in [5.41, 5.74) is 1.28. The highest BCUT2D eigenvalue weighted by atomic mass is 16.4. The van der Waals surface area contributed by atoms with E-state index in [-0.39, 0.29) is 6.42 Å². The summed E-state index contributed by atoms with van der Waals surface area (Å²) in [5, 5.41) is 12.6. The van der Waals surface area contributed by atoms with Gasteiger partial charge in [-0.15, -0.1) is 0 Å². The molecular formula is C8H7N3O2. The Morgan fingerprint density at radius 3 is 3.15 bits per heavy atom. The van der Waals surface area contributed by atoms with Gasteiger partial charge in [0, 0.05) is 12.4 Å². The van der Waals surface area contributed by atoms with E-state index in [4.69, 9.17) is 5.11 Å². The maximum Gasteiger partial charge on any atom is 0.309 e. The number of aromatic nitrogens is 3. The Labute approximate surface area is 73.6 Å². The van der Waals surface area contributed by atoms with E-state index >= 15 is 0 Å². The lowest BCUT2D eigenvalue weighted by atomic mass is 10.3. The van der Waals surface area contributed by atoms with Crippen molar-refractivity contribution in [3.05, 3.63) is 30.4 Å². The second-order valence-electron chi connectivity index (χ2n) is 2.61. The molecule has 0 atom stereocenters. The van der Waals surface area contributed by atoms with Crippen LogP contribution in [-0.4, -0.2) is 25.7 Å². The zero-order valence-corrected chi connectivity index (χ0v) is 6.71. The first kappa shape index (κ1) is 7.72. The lowest BCUT2D eigenvalue weighted by Gasteiger charge is -1.98. The molecule has 66 valence electrons. The van der Waals surface area contributed by atoms with Crippen LogP contribution in [0.4, 0.5) is 0 Å². The van der Waals surface area contributed by atoms with Crippen LogP contribution in [0.2, 0.25) is 0 Å². The van der Waals surface area contributed by atoms with Gasteiger partial charge < -0.3 is 5.11 Å². The van der Waals surface area contributed by atoms with E-state index in [0.29, 0.717) is 5.69 Å². The van der Waals surface area contributed by atoms with Crippen molar-refractivity contribution < 1.29 is 9.90 Å². The molecule has 0 aliphatic rings. The van der Waals surface area contributed by atoms with Crippen molar-refractivity contribution in [3.8, 4) is 0 Å². The van der Waals surface area contributed by atoms with E-state index < -0.39 is 5.97 Å². The summed E-state index contributed by atoms with van der Waals surface area (Å²) < 4.78 is 1.60. The standard InChI is InChI=1S/C8H7N3O2/c12-8(13)5-6-7-1-2-10-11(7)4-3-9-6/h1-4H,5H2,(H,12,13). The Kier molecular flexibility index (Phi) is 1.70. The van der Waals surface area contributed by atoms with Crippen molar-refractivity contribution >= 4 is 11.5 Å². The normalized spacial score (nSPS) is 10.5. The minimum absolute atomic E-state index is 0.0734. The topological polar surface area (TPSA) is 67.5 Å². The quantitative estimate of drug-likeness (QED) is 0.719. The molecule has 2 rings (SSSR count). The molecule has 0 aliphatic heterocycles. The van der Waals surface area contributed by atoms with Gasteiger partial charge in [-0.25, -0.2) is 4.52 Å². The number of hydrogen-bond donors (Lipinski definition) is 1. The van der Waals surface area contributed by atoms with Crippen molar-refractivity contribution in [2.45, 2.75) is 6.42 Å². The van der Waals surface area contributed by atoms with Crippen LogP contribution in [0.25, 0.3) is 5.52 Å². The van der Waals surface area contributed by atoms with Crippen LogP contribution in [0.15, 0.2) is 24.7 Å². The first-order valence-corrected chi connectivity index (χ1v) is 3.76. The largest absolute Gasteiger partial charge is 0.481 e. The van der Waals surface area contributed by atoms with Gasteiger partial charge in [0.2, 0.25) is 0 Å². The summed E-state index contributed by atoms with van der Waals surface area (Å²) in [5.74, 6) is -0.887. The summed E-state index contributed by atoms with van der Waals surface area (Å²) in [6, 6.07) is 1.74. The van der Waals surface area contributed by atoms with Crippen LogP contribution in [0, 0.1) is 0 Å². The van der Waals surface area contributed by atoms with E-state index in [1.807, 2.05) is 0 Å². The fourth-order valence-electron chi connectivity index (χ4n) is 1.19. The maximum absolute atomic E-state index is 10.5. The molecule has 0 bridgehead atoms. The van der Waals surface area contributed by atoms with Crippen LogP contribution < -0.4 is 0 Å². The summed E-state index contributed by atoms with van der Waals surface area (Å²) in [4.78, 5) is 14.4. The van der Waals surface area contributed by atoms with Crippen molar-refractivity contribution in [2.75, 3.05) is 0 Å². The van der Waals surface area contributed by atoms with Crippen LogP contribution >= 0.6 is 0 Å². The molecule has 2 aromatic rings. The fraction of sp³-hybridized carbons (Fsp3) is 0.125. The summed E-state index contributed by atoms with van der Waals surface area (Å²) >= 11 is 0. The second-order valence-corrected chi connectivity index (χ2v) is 2.61. The number of carboxylic acid groups (broad SMARTS) is 1. The number of rotatable bonds is 2. The van der Waals surface area contributed by atoms with E-state index in [1.54, 1.807) is 23.0 Å². The third-order valence-electron chi connectivity index (χ3n) is 1.72. The van der Waals surface area contributed by atoms with E-state index in [1.165, 1.54) is 6.20 Å². The van der Waals surface area contributed by atoms with Crippen molar-refractivity contribution in [1.82, 2.24) is 14.6 Å². The molecular weight excluding hydrogens is 170 g/mol. The molecule has 0 saturated carbocycles. The van der Waals surface area contributed by atoms with Gasteiger partial charge in [-0.3, -0.25) is 9.78 Å². The Hall–Kier alpha value is -1.91. The molecule has 0 fully saturated rings. The number of fused-ring (bicyclic) bond motifs is 1. The van der Waals surface area contributed by atoms with E-state index in [0.717, 1.165) is 5.52 Å². The highest BCUT2D eigenvalue weighted by molar-refractivity contribution is 5.72. The van der Waals surface area contributed by atoms with Gasteiger partial charge >= 0.3 is 5.97 Å². The average molecular weight is 177 g/mol. The van der Waals surface area contributed by atoms with Gasteiger partial charge in [0.25, 0.3) is 0 Å². The molecule has 5 heteroatoms. The Morgan fingerprint density at radius 2 is 2.38 bits per heavy atom. The predicted molar refractivity (Wildman–Crippen MR) is 44.3 cm³/mol. The Bertz CT molecular complexity index is 449. The molecule has 0 unspecified atom stereocenters. The number of carboxylic acids is 1. The minimum Gasteiger partial charge on any atom is -0.481 e. The molecule has 0 amide bonds. The minimum atomic E-state index is -0.887. The second kappa shape index (κ2) is 2.85. The Morgan fingerprint density at radius 1 is 1.54 bits per heavy atom. The summed E-state index contributed by atoms with van der Waals surface area (Å²) in [6.45, 7) is 0. The van der Waals surface area contributed by atoms with Crippen LogP contribution in [0.1, 0.15) is 5.69 Å². The molecule has 1 N–H and O–H groups in total. The molecule has 5 nitrogen and oxygen atoms in total. The highest BCUT2D eigenvalue weighted by Gasteiger charge is 2.06. The molecule has 0 saturated heterocycles. The lowest BCUT2D eigenvalue weighted by Crippen LogP contribution is -2.04. The molecule has 0 aromatic carbocycles. The summed E-state index contributed by atoms with van der Waals surface area (Å²) in [6.07, 6.45) is 4.76. The SMILES string of the molecule is O=C(O)Cc1nccn2nccc12. The lowest BCUT2D eigenvalue weighted by molar-refractivity contribution is -0.136. The number of hydrogen-bond acceptors (Lipinski definition) is 3. The third-order valence-corrected chi connectivity index (χ3v) is 1.72. The third kappa shape index (κ3) is 1.35. The summed E-state index contributed by atoms with van der Waals surface area (Å²) in [7, 11) is 0. The zero-order chi connectivity index (χ0) is 9.26. The number of aliphatic carboxylic acids is 1. The van der Waals surface area contributed by atoms with Gasteiger partial charge in [0.05, 0.1) is 23.8 Å². The molecule has 13 heavy (non-hydrogen) atoms. The highest BCUT2D eigenvalue weighted by Crippen LogP contribution is 2.06. The molecule has 2 heterocycles. The number of carbonyl (C=O) groups is 1. The predicted octanol–water partition coefficient (Wildman–Crippen LogP) is 0.356. The van der Waals surface area contributed by atoms with Gasteiger partial charge in [-0.1, -0.05) is 0 Å². The van der Waals surface area contributed by atoms with Gasteiger partial charge in [0.1, 0.15) is 0 Å². The van der Waals surface area contributed by atoms with Crippen molar-refractivity contribution in [2.24, 2.45) is 0 Å². The average Bonchev–Trinajstić information content (AvgIpc) is 2.51. The first-order chi connectivity index (χ1) is 6.27. The van der Waals surface area contributed by atoms with Gasteiger partial charge in [-0.2, -0.15) is 5.10 Å². The molecule has 0 spiro atoms. The Balaban J connectivity index is 2.54. The van der Waals surface area contributed by atoms with Crippen LogP contribution in [-0.2, 0) is 11.2 Å². The monoisotopic (exact) mass is 177 g/mol. The fourth-order valence-corrected chi connectivity index (χ4v) is 1.19. The zero-order valence-electron chi connectivity index (χ0n) is 6.71. The molecule has 0 radical (unpaired) electrons. The van der Waals surface area contributed by atoms with Gasteiger partial charge in [0.15, 0.2) is 0 Å². The van der Waals surface area contributed by atoms with E-state index in [2.05, 4.69) is 10.1 Å². The van der Waals surface area contributed by atoms with Crippen molar-refractivity contribution in [1.29, 1.82) is 0 Å². The number of nitrogens with zero attached hydrogens (tertiary/aromatic N) is 3. The van der Waals surface area contributed by atoms with Crippen LogP contribution in [0.5, 0.6) is 0 Å². The molecule has 0 aliphatic carbocycles. The smallest absolute Gasteiger partial charge is 0.309 e. The maximum atomic E-state index is 10.5.